The second-order valence-corrected chi connectivity index (χ2v) is 4.96. The molecule has 1 aliphatic rings. The van der Waals surface area contributed by atoms with Gasteiger partial charge in [-0.3, -0.25) is 5.10 Å². The van der Waals surface area contributed by atoms with Crippen molar-refractivity contribution in [3.05, 3.63) is 36.0 Å². The van der Waals surface area contributed by atoms with Crippen LogP contribution in [-0.4, -0.2) is 40.6 Å². The van der Waals surface area contributed by atoms with Crippen LogP contribution >= 0.6 is 0 Å². The molecule has 2 N–H and O–H groups in total. The van der Waals surface area contributed by atoms with Gasteiger partial charge in [0.15, 0.2) is 0 Å². The maximum Gasteiger partial charge on any atom is 0.353 e. The van der Waals surface area contributed by atoms with Gasteiger partial charge in [-0.05, 0) is 31.0 Å². The van der Waals surface area contributed by atoms with Crippen LogP contribution in [0, 0.1) is 0 Å². The molecule has 21 heavy (non-hydrogen) atoms. The molecule has 1 aromatic heterocycles. The molecule has 6 heteroatoms. The Morgan fingerprint density at radius 3 is 3.05 bits per heavy atom. The summed E-state index contributed by atoms with van der Waals surface area (Å²) in [5.41, 5.74) is 1.46. The number of carbonyl (C=O) groups is 1. The first kappa shape index (κ1) is 13.6. The van der Waals surface area contributed by atoms with Crippen LogP contribution in [0.5, 0.6) is 5.75 Å². The van der Waals surface area contributed by atoms with Gasteiger partial charge in [-0.15, -0.1) is 0 Å². The first-order valence-electron chi connectivity index (χ1n) is 6.86. The monoisotopic (exact) mass is 288 g/mol. The Morgan fingerprint density at radius 1 is 1.43 bits per heavy atom. The van der Waals surface area contributed by atoms with Gasteiger partial charge in [0.25, 0.3) is 0 Å². The zero-order valence-corrected chi connectivity index (χ0v) is 11.4. The molecule has 3 rings (SSSR count). The van der Waals surface area contributed by atoms with Gasteiger partial charge >= 0.3 is 5.97 Å². The Labute approximate surface area is 121 Å². The molecule has 6 nitrogen and oxygen atoms in total. The molecule has 0 spiro atoms. The second-order valence-electron chi connectivity index (χ2n) is 4.96. The van der Waals surface area contributed by atoms with E-state index in [2.05, 4.69) is 10.2 Å². The van der Waals surface area contributed by atoms with Crippen molar-refractivity contribution in [1.82, 2.24) is 10.2 Å². The quantitative estimate of drug-likeness (QED) is 0.902. The molecule has 1 aliphatic heterocycles. The number of hydrogen-bond donors (Lipinski definition) is 2. The summed E-state index contributed by atoms with van der Waals surface area (Å²) < 4.78 is 11.3. The summed E-state index contributed by atoms with van der Waals surface area (Å²) in [4.78, 5) is 10.9. The number of benzene rings is 1. The van der Waals surface area contributed by atoms with Gasteiger partial charge in [-0.2, -0.15) is 5.10 Å². The highest BCUT2D eigenvalue weighted by atomic mass is 16.5. The molecule has 110 valence electrons. The van der Waals surface area contributed by atoms with Crippen LogP contribution in [0.25, 0.3) is 11.3 Å². The number of nitrogens with zero attached hydrogens (tertiary/aromatic N) is 1. The Hall–Kier alpha value is -2.34. The molecular weight excluding hydrogens is 272 g/mol. The van der Waals surface area contributed by atoms with Gasteiger partial charge in [0, 0.05) is 12.2 Å². The zero-order chi connectivity index (χ0) is 14.7. The van der Waals surface area contributed by atoms with E-state index in [0.717, 1.165) is 30.8 Å². The standard InChI is InChI=1S/C15H16N2O4/c18-15(19)14-8-13(16-17-14)10-3-1-4-11(7-10)21-12-5-2-6-20-9-12/h1,3-4,7-8,12H,2,5-6,9H2,(H,16,17)(H,18,19). The third-order valence-electron chi connectivity index (χ3n) is 3.36. The molecule has 0 saturated carbocycles. The number of hydrogen-bond acceptors (Lipinski definition) is 4. The van der Waals surface area contributed by atoms with Crippen LogP contribution in [0.15, 0.2) is 30.3 Å². The second kappa shape index (κ2) is 5.97. The lowest BCUT2D eigenvalue weighted by Crippen LogP contribution is -2.27. The summed E-state index contributed by atoms with van der Waals surface area (Å²) in [6, 6.07) is 8.97. The fourth-order valence-electron chi connectivity index (χ4n) is 2.30. The molecule has 1 saturated heterocycles. The molecule has 0 bridgehead atoms. The lowest BCUT2D eigenvalue weighted by atomic mass is 10.1. The molecule has 2 heterocycles. The minimum atomic E-state index is -1.03. The number of carboxylic acid groups (broad SMARTS) is 1. The van der Waals surface area contributed by atoms with E-state index in [4.69, 9.17) is 14.6 Å². The van der Waals surface area contributed by atoms with E-state index in [1.807, 2.05) is 24.3 Å². The smallest absolute Gasteiger partial charge is 0.353 e. The number of aromatic carboxylic acids is 1. The Morgan fingerprint density at radius 2 is 2.33 bits per heavy atom. The van der Waals surface area contributed by atoms with Crippen molar-refractivity contribution in [2.75, 3.05) is 13.2 Å². The van der Waals surface area contributed by atoms with Crippen molar-refractivity contribution in [3.8, 4) is 17.0 Å². The fourth-order valence-corrected chi connectivity index (χ4v) is 2.30. The molecule has 0 radical (unpaired) electrons. The topological polar surface area (TPSA) is 84.4 Å². The number of aromatic nitrogens is 2. The van der Waals surface area contributed by atoms with Crippen LogP contribution in [0.1, 0.15) is 23.3 Å². The van der Waals surface area contributed by atoms with Gasteiger partial charge in [0.05, 0.1) is 12.3 Å². The van der Waals surface area contributed by atoms with E-state index in [-0.39, 0.29) is 11.8 Å². The van der Waals surface area contributed by atoms with Gasteiger partial charge < -0.3 is 14.6 Å². The Kier molecular flexibility index (Phi) is 3.87. The Bertz CT molecular complexity index is 632. The van der Waals surface area contributed by atoms with Gasteiger partial charge in [-0.1, -0.05) is 12.1 Å². The number of carboxylic acids is 1. The van der Waals surface area contributed by atoms with Crippen LogP contribution in [0.3, 0.4) is 0 Å². The van der Waals surface area contributed by atoms with E-state index in [1.165, 1.54) is 6.07 Å². The molecule has 1 unspecified atom stereocenters. The third-order valence-corrected chi connectivity index (χ3v) is 3.36. The average molecular weight is 288 g/mol. The highest BCUT2D eigenvalue weighted by molar-refractivity contribution is 5.86. The molecule has 0 aliphatic carbocycles. The number of ether oxygens (including phenoxy) is 2. The van der Waals surface area contributed by atoms with Crippen molar-refractivity contribution in [2.45, 2.75) is 18.9 Å². The lowest BCUT2D eigenvalue weighted by molar-refractivity contribution is 0.00745. The van der Waals surface area contributed by atoms with Crippen LogP contribution in [0.2, 0.25) is 0 Å². The van der Waals surface area contributed by atoms with Crippen molar-refractivity contribution in [1.29, 1.82) is 0 Å². The fraction of sp³-hybridized carbons (Fsp3) is 0.333. The first-order valence-corrected chi connectivity index (χ1v) is 6.86. The minimum absolute atomic E-state index is 0.0667. The molecule has 1 atom stereocenters. The van der Waals surface area contributed by atoms with Gasteiger partial charge in [0.1, 0.15) is 17.5 Å². The highest BCUT2D eigenvalue weighted by Crippen LogP contribution is 2.24. The van der Waals surface area contributed by atoms with Crippen molar-refractivity contribution < 1.29 is 19.4 Å². The van der Waals surface area contributed by atoms with E-state index in [1.54, 1.807) is 0 Å². The van der Waals surface area contributed by atoms with Crippen molar-refractivity contribution >= 4 is 5.97 Å². The first-order chi connectivity index (χ1) is 10.2. The largest absolute Gasteiger partial charge is 0.488 e. The lowest BCUT2D eigenvalue weighted by Gasteiger charge is -2.23. The maximum absolute atomic E-state index is 10.9. The molecule has 1 fully saturated rings. The molecule has 2 aromatic rings. The number of nitrogens with one attached hydrogen (secondary N) is 1. The van der Waals surface area contributed by atoms with Crippen molar-refractivity contribution in [2.24, 2.45) is 0 Å². The summed E-state index contributed by atoms with van der Waals surface area (Å²) in [6.45, 7) is 1.40. The third kappa shape index (κ3) is 3.22. The van der Waals surface area contributed by atoms with E-state index >= 15 is 0 Å². The Balaban J connectivity index is 1.76. The minimum Gasteiger partial charge on any atom is -0.488 e. The van der Waals surface area contributed by atoms with Crippen LogP contribution in [-0.2, 0) is 4.74 Å². The molecule has 1 aromatic carbocycles. The van der Waals surface area contributed by atoms with E-state index in [9.17, 15) is 4.79 Å². The van der Waals surface area contributed by atoms with E-state index < -0.39 is 5.97 Å². The summed E-state index contributed by atoms with van der Waals surface area (Å²) >= 11 is 0. The number of rotatable bonds is 4. The summed E-state index contributed by atoms with van der Waals surface area (Å²) in [5, 5.41) is 15.4. The summed E-state index contributed by atoms with van der Waals surface area (Å²) in [5.74, 6) is -0.289. The zero-order valence-electron chi connectivity index (χ0n) is 11.4. The SMILES string of the molecule is O=C(O)c1cc(-c2cccc(OC3CCCOC3)c2)n[nH]1. The highest BCUT2D eigenvalue weighted by Gasteiger charge is 2.16. The van der Waals surface area contributed by atoms with Gasteiger partial charge in [0.2, 0.25) is 0 Å². The van der Waals surface area contributed by atoms with Crippen LogP contribution < -0.4 is 4.74 Å². The summed E-state index contributed by atoms with van der Waals surface area (Å²) in [7, 11) is 0. The number of H-pyrrole nitrogens is 1. The molecule has 0 amide bonds. The van der Waals surface area contributed by atoms with Crippen LogP contribution in [0.4, 0.5) is 0 Å². The predicted molar refractivity (Wildman–Crippen MR) is 75.5 cm³/mol. The van der Waals surface area contributed by atoms with Crippen molar-refractivity contribution in [3.63, 3.8) is 0 Å². The predicted octanol–water partition coefficient (Wildman–Crippen LogP) is 2.33. The maximum atomic E-state index is 10.9. The summed E-state index contributed by atoms with van der Waals surface area (Å²) in [6.07, 6.45) is 2.06. The van der Waals surface area contributed by atoms with E-state index in [0.29, 0.717) is 12.3 Å². The van der Waals surface area contributed by atoms with Gasteiger partial charge in [-0.25, -0.2) is 4.79 Å². The molecular formula is C15H16N2O4. The normalized spacial score (nSPS) is 18.4. The number of aromatic amines is 1. The average Bonchev–Trinajstić information content (AvgIpc) is 2.99.